The monoisotopic (exact) mass is 352 g/mol. The van der Waals surface area contributed by atoms with Gasteiger partial charge >= 0.3 is 5.97 Å². The number of amides is 2. The van der Waals surface area contributed by atoms with Crippen molar-refractivity contribution in [2.45, 2.75) is 46.1 Å². The van der Waals surface area contributed by atoms with Crippen molar-refractivity contribution in [1.29, 1.82) is 0 Å². The SMILES string of the molecule is CCNC(=O)[C@H](C)NC(=O)COC(=O)c1cc2c(s1)CC[C@H](C)C2. The second kappa shape index (κ2) is 8.28. The zero-order valence-electron chi connectivity index (χ0n) is 14.3. The number of ether oxygens (including phenoxy) is 1. The van der Waals surface area contributed by atoms with Crippen molar-refractivity contribution in [1.82, 2.24) is 10.6 Å². The predicted molar refractivity (Wildman–Crippen MR) is 92.1 cm³/mol. The first-order valence-corrected chi connectivity index (χ1v) is 9.08. The van der Waals surface area contributed by atoms with Crippen molar-refractivity contribution in [2.75, 3.05) is 13.2 Å². The largest absolute Gasteiger partial charge is 0.451 e. The van der Waals surface area contributed by atoms with E-state index in [1.165, 1.54) is 21.8 Å². The molecule has 0 aliphatic heterocycles. The molecule has 2 rings (SSSR count). The summed E-state index contributed by atoms with van der Waals surface area (Å²) in [5.41, 5.74) is 1.22. The van der Waals surface area contributed by atoms with Gasteiger partial charge in [0.05, 0.1) is 0 Å². The molecule has 0 saturated heterocycles. The Hall–Kier alpha value is -1.89. The average molecular weight is 352 g/mol. The molecule has 1 aliphatic rings. The molecule has 24 heavy (non-hydrogen) atoms. The van der Waals surface area contributed by atoms with E-state index in [0.29, 0.717) is 17.3 Å². The molecule has 1 aliphatic carbocycles. The van der Waals surface area contributed by atoms with Crippen LogP contribution in [0.2, 0.25) is 0 Å². The molecule has 0 bridgehead atoms. The van der Waals surface area contributed by atoms with Crippen LogP contribution in [0.25, 0.3) is 0 Å². The highest BCUT2D eigenvalue weighted by molar-refractivity contribution is 7.14. The van der Waals surface area contributed by atoms with E-state index in [0.717, 1.165) is 19.3 Å². The lowest BCUT2D eigenvalue weighted by atomic mass is 9.90. The van der Waals surface area contributed by atoms with E-state index < -0.39 is 17.9 Å². The van der Waals surface area contributed by atoms with Crippen LogP contribution >= 0.6 is 11.3 Å². The van der Waals surface area contributed by atoms with Gasteiger partial charge in [0.25, 0.3) is 5.91 Å². The molecule has 0 spiro atoms. The predicted octanol–water partition coefficient (Wildman–Crippen LogP) is 1.67. The van der Waals surface area contributed by atoms with Crippen LogP contribution in [-0.2, 0) is 27.2 Å². The summed E-state index contributed by atoms with van der Waals surface area (Å²) < 4.78 is 5.06. The van der Waals surface area contributed by atoms with Crippen molar-refractivity contribution < 1.29 is 19.1 Å². The molecular weight excluding hydrogens is 328 g/mol. The molecule has 132 valence electrons. The number of carbonyl (C=O) groups is 3. The lowest BCUT2D eigenvalue weighted by Gasteiger charge is -2.16. The number of thiophene rings is 1. The van der Waals surface area contributed by atoms with Gasteiger partial charge in [-0.3, -0.25) is 9.59 Å². The van der Waals surface area contributed by atoms with E-state index in [1.54, 1.807) is 13.8 Å². The molecule has 7 heteroatoms. The number of carbonyl (C=O) groups excluding carboxylic acids is 3. The van der Waals surface area contributed by atoms with Crippen LogP contribution in [0.15, 0.2) is 6.07 Å². The summed E-state index contributed by atoms with van der Waals surface area (Å²) in [5.74, 6) is -0.602. The Balaban J connectivity index is 1.83. The minimum absolute atomic E-state index is 0.266. The summed E-state index contributed by atoms with van der Waals surface area (Å²) in [6.07, 6.45) is 3.13. The van der Waals surface area contributed by atoms with Gasteiger partial charge < -0.3 is 15.4 Å². The van der Waals surface area contributed by atoms with E-state index in [9.17, 15) is 14.4 Å². The Labute approximate surface area is 146 Å². The highest BCUT2D eigenvalue weighted by Gasteiger charge is 2.22. The summed E-state index contributed by atoms with van der Waals surface area (Å²) in [6, 6.07) is 1.22. The summed E-state index contributed by atoms with van der Waals surface area (Å²) in [5, 5.41) is 5.11. The first kappa shape index (κ1) is 18.4. The normalized spacial score (nSPS) is 17.5. The van der Waals surface area contributed by atoms with Gasteiger partial charge in [-0.2, -0.15) is 0 Å². The Bertz CT molecular complexity index is 626. The van der Waals surface area contributed by atoms with Crippen molar-refractivity contribution >= 4 is 29.1 Å². The van der Waals surface area contributed by atoms with Crippen LogP contribution in [0, 0.1) is 5.92 Å². The highest BCUT2D eigenvalue weighted by Crippen LogP contribution is 2.32. The molecule has 1 heterocycles. The third-order valence-corrected chi connectivity index (χ3v) is 5.20. The quantitative estimate of drug-likeness (QED) is 0.763. The van der Waals surface area contributed by atoms with Crippen LogP contribution in [-0.4, -0.2) is 37.0 Å². The topological polar surface area (TPSA) is 84.5 Å². The summed E-state index contributed by atoms with van der Waals surface area (Å²) >= 11 is 1.45. The van der Waals surface area contributed by atoms with E-state index in [1.807, 2.05) is 6.07 Å². The first-order valence-electron chi connectivity index (χ1n) is 8.26. The lowest BCUT2D eigenvalue weighted by Crippen LogP contribution is -2.46. The van der Waals surface area contributed by atoms with E-state index in [2.05, 4.69) is 17.6 Å². The number of likely N-dealkylation sites (N-methyl/N-ethyl adjacent to an activating group) is 1. The maximum absolute atomic E-state index is 12.1. The molecule has 2 N–H and O–H groups in total. The Morgan fingerprint density at radius 3 is 2.88 bits per heavy atom. The fraction of sp³-hybridized carbons (Fsp3) is 0.588. The van der Waals surface area contributed by atoms with Crippen molar-refractivity contribution in [2.24, 2.45) is 5.92 Å². The number of nitrogens with one attached hydrogen (secondary N) is 2. The second-order valence-corrected chi connectivity index (χ2v) is 7.30. The molecular formula is C17H24N2O4S. The number of fused-ring (bicyclic) bond motifs is 1. The van der Waals surface area contributed by atoms with Gasteiger partial charge in [-0.15, -0.1) is 11.3 Å². The minimum atomic E-state index is -0.660. The smallest absolute Gasteiger partial charge is 0.348 e. The Morgan fingerprint density at radius 2 is 2.17 bits per heavy atom. The number of hydrogen-bond donors (Lipinski definition) is 2. The van der Waals surface area contributed by atoms with Crippen LogP contribution in [0.1, 0.15) is 47.3 Å². The molecule has 0 radical (unpaired) electrons. The van der Waals surface area contributed by atoms with Gasteiger partial charge in [-0.05, 0) is 50.7 Å². The van der Waals surface area contributed by atoms with Crippen LogP contribution in [0.4, 0.5) is 0 Å². The van der Waals surface area contributed by atoms with E-state index >= 15 is 0 Å². The zero-order chi connectivity index (χ0) is 17.7. The van der Waals surface area contributed by atoms with Gasteiger partial charge in [0, 0.05) is 11.4 Å². The number of esters is 1. The Kier molecular flexibility index (Phi) is 6.36. The molecule has 0 fully saturated rings. The summed E-state index contributed by atoms with van der Waals surface area (Å²) in [4.78, 5) is 37.2. The first-order chi connectivity index (χ1) is 11.4. The van der Waals surface area contributed by atoms with Crippen LogP contribution in [0.3, 0.4) is 0 Å². The van der Waals surface area contributed by atoms with Crippen molar-refractivity contribution in [3.63, 3.8) is 0 Å². The van der Waals surface area contributed by atoms with Crippen molar-refractivity contribution in [3.05, 3.63) is 21.4 Å². The number of hydrogen-bond acceptors (Lipinski definition) is 5. The van der Waals surface area contributed by atoms with Crippen LogP contribution < -0.4 is 10.6 Å². The standard InChI is InChI=1S/C17H24N2O4S/c1-4-18-16(21)11(3)19-15(20)9-23-17(22)14-8-12-7-10(2)5-6-13(12)24-14/h8,10-11H,4-7,9H2,1-3H3,(H,18,21)(H,19,20)/t10-,11-/m0/s1. The van der Waals surface area contributed by atoms with Gasteiger partial charge in [0.2, 0.25) is 5.91 Å². The van der Waals surface area contributed by atoms with Gasteiger partial charge in [0.1, 0.15) is 10.9 Å². The highest BCUT2D eigenvalue weighted by atomic mass is 32.1. The third-order valence-electron chi connectivity index (χ3n) is 3.99. The van der Waals surface area contributed by atoms with Crippen molar-refractivity contribution in [3.8, 4) is 0 Å². The molecule has 2 atom stereocenters. The van der Waals surface area contributed by atoms with E-state index in [-0.39, 0.29) is 12.5 Å². The van der Waals surface area contributed by atoms with Crippen LogP contribution in [0.5, 0.6) is 0 Å². The molecule has 1 aromatic rings. The molecule has 0 unspecified atom stereocenters. The minimum Gasteiger partial charge on any atom is -0.451 e. The maximum Gasteiger partial charge on any atom is 0.348 e. The second-order valence-electron chi connectivity index (χ2n) is 6.17. The number of rotatable bonds is 6. The molecule has 0 saturated carbocycles. The molecule has 1 aromatic heterocycles. The fourth-order valence-corrected chi connectivity index (χ4v) is 3.79. The fourth-order valence-electron chi connectivity index (χ4n) is 2.68. The lowest BCUT2D eigenvalue weighted by molar-refractivity contribution is -0.130. The maximum atomic E-state index is 12.1. The summed E-state index contributed by atoms with van der Waals surface area (Å²) in [7, 11) is 0. The molecule has 2 amide bonds. The Morgan fingerprint density at radius 1 is 1.42 bits per heavy atom. The van der Waals surface area contributed by atoms with E-state index in [4.69, 9.17) is 4.74 Å². The van der Waals surface area contributed by atoms with Gasteiger partial charge in [-0.25, -0.2) is 4.79 Å². The third kappa shape index (κ3) is 4.80. The summed E-state index contributed by atoms with van der Waals surface area (Å²) in [6.45, 7) is 5.70. The zero-order valence-corrected chi connectivity index (χ0v) is 15.1. The molecule has 6 nitrogen and oxygen atoms in total. The average Bonchev–Trinajstić information content (AvgIpc) is 2.95. The van der Waals surface area contributed by atoms with Gasteiger partial charge in [0.15, 0.2) is 6.61 Å². The number of aryl methyl sites for hydroxylation is 1. The molecule has 0 aromatic carbocycles. The van der Waals surface area contributed by atoms with Gasteiger partial charge in [-0.1, -0.05) is 6.92 Å².